The first-order valence-corrected chi connectivity index (χ1v) is 6.78. The van der Waals surface area contributed by atoms with Gasteiger partial charge in [-0.1, -0.05) is 6.92 Å². The standard InChI is InChI=1S/C8H14N2O2S2/c1-2-13-6-7(10(11)12)8-9-4-3-5-14-8/h7H,2-6H2,1H3. The van der Waals surface area contributed by atoms with E-state index < -0.39 is 6.04 Å². The molecule has 0 radical (unpaired) electrons. The second-order valence-electron chi connectivity index (χ2n) is 2.88. The summed E-state index contributed by atoms with van der Waals surface area (Å²) in [6.45, 7) is 2.76. The third-order valence-corrected chi connectivity index (χ3v) is 3.99. The summed E-state index contributed by atoms with van der Waals surface area (Å²) in [6.07, 6.45) is 1.04. The van der Waals surface area contributed by atoms with Crippen LogP contribution in [0.15, 0.2) is 4.99 Å². The van der Waals surface area contributed by atoms with Gasteiger partial charge in [0, 0.05) is 17.2 Å². The molecule has 0 amide bonds. The quantitative estimate of drug-likeness (QED) is 0.538. The molecule has 0 bridgehead atoms. The van der Waals surface area contributed by atoms with Gasteiger partial charge in [-0.05, 0) is 12.2 Å². The van der Waals surface area contributed by atoms with Crippen LogP contribution in [0.5, 0.6) is 0 Å². The molecule has 4 nitrogen and oxygen atoms in total. The lowest BCUT2D eigenvalue weighted by Crippen LogP contribution is -2.31. The van der Waals surface area contributed by atoms with E-state index in [9.17, 15) is 10.1 Å². The van der Waals surface area contributed by atoms with Crippen molar-refractivity contribution in [2.24, 2.45) is 4.99 Å². The van der Waals surface area contributed by atoms with Crippen LogP contribution in [-0.2, 0) is 0 Å². The zero-order chi connectivity index (χ0) is 10.4. The lowest BCUT2D eigenvalue weighted by atomic mass is 10.4. The van der Waals surface area contributed by atoms with Crippen LogP contribution in [0, 0.1) is 10.1 Å². The average molecular weight is 234 g/mol. The van der Waals surface area contributed by atoms with Crippen molar-refractivity contribution < 1.29 is 4.92 Å². The Bertz CT molecular complexity index is 233. The molecule has 0 aromatic heterocycles. The predicted octanol–water partition coefficient (Wildman–Crippen LogP) is 1.92. The van der Waals surface area contributed by atoms with Crippen molar-refractivity contribution in [2.45, 2.75) is 19.4 Å². The molecule has 0 spiro atoms. The monoisotopic (exact) mass is 234 g/mol. The summed E-state index contributed by atoms with van der Waals surface area (Å²) < 4.78 is 0. The number of rotatable bonds is 5. The van der Waals surface area contributed by atoms with E-state index in [0.29, 0.717) is 5.75 Å². The van der Waals surface area contributed by atoms with E-state index >= 15 is 0 Å². The van der Waals surface area contributed by atoms with Crippen LogP contribution < -0.4 is 0 Å². The van der Waals surface area contributed by atoms with Crippen LogP contribution in [0.3, 0.4) is 0 Å². The van der Waals surface area contributed by atoms with Gasteiger partial charge in [-0.2, -0.15) is 11.8 Å². The van der Waals surface area contributed by atoms with Gasteiger partial charge >= 0.3 is 0 Å². The Morgan fingerprint density at radius 1 is 1.79 bits per heavy atom. The third-order valence-electron chi connectivity index (χ3n) is 1.84. The van der Waals surface area contributed by atoms with Crippen LogP contribution in [0.1, 0.15) is 13.3 Å². The summed E-state index contributed by atoms with van der Waals surface area (Å²) >= 11 is 3.15. The Morgan fingerprint density at radius 2 is 2.57 bits per heavy atom. The zero-order valence-electron chi connectivity index (χ0n) is 8.14. The Morgan fingerprint density at radius 3 is 3.07 bits per heavy atom. The molecule has 6 heteroatoms. The number of thioether (sulfide) groups is 2. The molecule has 1 aliphatic heterocycles. The minimum absolute atomic E-state index is 0.209. The zero-order valence-corrected chi connectivity index (χ0v) is 9.77. The van der Waals surface area contributed by atoms with Gasteiger partial charge < -0.3 is 0 Å². The van der Waals surface area contributed by atoms with Crippen molar-refractivity contribution in [1.29, 1.82) is 0 Å². The van der Waals surface area contributed by atoms with Gasteiger partial charge in [-0.15, -0.1) is 11.8 Å². The van der Waals surface area contributed by atoms with Crippen LogP contribution >= 0.6 is 23.5 Å². The molecule has 14 heavy (non-hydrogen) atoms. The largest absolute Gasteiger partial charge is 0.276 e. The van der Waals surface area contributed by atoms with E-state index in [1.165, 1.54) is 0 Å². The highest BCUT2D eigenvalue weighted by Crippen LogP contribution is 2.19. The molecule has 1 unspecified atom stereocenters. The highest BCUT2D eigenvalue weighted by Gasteiger charge is 2.28. The van der Waals surface area contributed by atoms with Crippen molar-refractivity contribution in [1.82, 2.24) is 0 Å². The van der Waals surface area contributed by atoms with Crippen molar-refractivity contribution in [3.05, 3.63) is 10.1 Å². The third kappa shape index (κ3) is 3.49. The minimum atomic E-state index is -0.578. The van der Waals surface area contributed by atoms with Gasteiger partial charge in [0.15, 0.2) is 0 Å². The van der Waals surface area contributed by atoms with Crippen LogP contribution in [-0.4, -0.2) is 39.8 Å². The lowest BCUT2D eigenvalue weighted by molar-refractivity contribution is -0.496. The molecule has 0 aliphatic carbocycles. The van der Waals surface area contributed by atoms with Gasteiger partial charge in [-0.25, -0.2) is 0 Å². The van der Waals surface area contributed by atoms with E-state index in [4.69, 9.17) is 0 Å². The van der Waals surface area contributed by atoms with Gasteiger partial charge in [-0.3, -0.25) is 15.1 Å². The summed E-state index contributed by atoms with van der Waals surface area (Å²) in [7, 11) is 0. The first-order valence-electron chi connectivity index (χ1n) is 4.64. The summed E-state index contributed by atoms with van der Waals surface area (Å²) in [5, 5.41) is 11.5. The minimum Gasteiger partial charge on any atom is -0.276 e. The Labute approximate surface area is 92.1 Å². The fraction of sp³-hybridized carbons (Fsp3) is 0.875. The molecule has 0 aromatic rings. The highest BCUT2D eigenvalue weighted by atomic mass is 32.2. The molecule has 0 N–H and O–H groups in total. The summed E-state index contributed by atoms with van der Waals surface area (Å²) in [5.74, 6) is 2.44. The summed E-state index contributed by atoms with van der Waals surface area (Å²) in [5.41, 5.74) is 0. The van der Waals surface area contributed by atoms with Crippen LogP contribution in [0.4, 0.5) is 0 Å². The van der Waals surface area contributed by atoms with Crippen molar-refractivity contribution in [3.63, 3.8) is 0 Å². The molecule has 80 valence electrons. The van der Waals surface area contributed by atoms with Gasteiger partial charge in [0.1, 0.15) is 5.04 Å². The molecule has 0 saturated heterocycles. The van der Waals surface area contributed by atoms with E-state index in [1.54, 1.807) is 23.5 Å². The highest BCUT2D eigenvalue weighted by molar-refractivity contribution is 8.14. The number of aliphatic imine (C=N–C) groups is 1. The fourth-order valence-corrected chi connectivity index (χ4v) is 3.00. The topological polar surface area (TPSA) is 55.5 Å². The normalized spacial score (nSPS) is 18.8. The Kier molecular flexibility index (Phi) is 5.32. The SMILES string of the molecule is CCSCC(C1=NCCCS1)[N+](=O)[O-]. The van der Waals surface area contributed by atoms with E-state index in [1.807, 2.05) is 6.92 Å². The number of hydrogen-bond donors (Lipinski definition) is 0. The maximum Gasteiger partial charge on any atom is 0.268 e. The van der Waals surface area contributed by atoms with Crippen LogP contribution in [0.2, 0.25) is 0 Å². The first-order chi connectivity index (χ1) is 6.75. The predicted molar refractivity (Wildman–Crippen MR) is 63.2 cm³/mol. The number of nitro groups is 1. The summed E-state index contributed by atoms with van der Waals surface area (Å²) in [6, 6.07) is -0.578. The van der Waals surface area contributed by atoms with Crippen molar-refractivity contribution >= 4 is 28.6 Å². The lowest BCUT2D eigenvalue weighted by Gasteiger charge is -2.14. The molecule has 1 rings (SSSR count). The summed E-state index contributed by atoms with van der Waals surface area (Å²) in [4.78, 5) is 14.8. The molecule has 0 aromatic carbocycles. The number of nitrogens with zero attached hydrogens (tertiary/aromatic N) is 2. The molecular weight excluding hydrogens is 220 g/mol. The average Bonchev–Trinajstić information content (AvgIpc) is 2.19. The molecule has 1 heterocycles. The van der Waals surface area contributed by atoms with E-state index in [2.05, 4.69) is 4.99 Å². The van der Waals surface area contributed by atoms with Gasteiger partial charge in [0.2, 0.25) is 0 Å². The van der Waals surface area contributed by atoms with Crippen molar-refractivity contribution in [3.8, 4) is 0 Å². The van der Waals surface area contributed by atoms with E-state index in [0.717, 1.165) is 29.5 Å². The first kappa shape index (κ1) is 11.8. The second kappa shape index (κ2) is 6.29. The van der Waals surface area contributed by atoms with Gasteiger partial charge in [0.25, 0.3) is 6.04 Å². The fourth-order valence-electron chi connectivity index (χ4n) is 1.13. The molecule has 0 fully saturated rings. The molecular formula is C8H14N2O2S2. The van der Waals surface area contributed by atoms with E-state index in [-0.39, 0.29) is 4.92 Å². The van der Waals surface area contributed by atoms with Crippen LogP contribution in [0.25, 0.3) is 0 Å². The maximum absolute atomic E-state index is 10.8. The maximum atomic E-state index is 10.8. The van der Waals surface area contributed by atoms with Crippen molar-refractivity contribution in [2.75, 3.05) is 23.8 Å². The Balaban J connectivity index is 2.56. The van der Waals surface area contributed by atoms with Gasteiger partial charge in [0.05, 0.1) is 5.75 Å². The molecule has 1 aliphatic rings. The number of hydrogen-bond acceptors (Lipinski definition) is 5. The smallest absolute Gasteiger partial charge is 0.268 e. The second-order valence-corrected chi connectivity index (χ2v) is 5.32. The molecule has 0 saturated carbocycles. The molecule has 1 atom stereocenters. The Hall–Kier alpha value is -0.230.